The maximum absolute atomic E-state index is 12.6. The highest BCUT2D eigenvalue weighted by Crippen LogP contribution is 2.51. The molecule has 10 nitrogen and oxygen atoms in total. The number of hydrogen-bond donors (Lipinski definition) is 4. The van der Waals surface area contributed by atoms with Crippen molar-refractivity contribution in [1.29, 1.82) is 0 Å². The molecule has 3 rings (SSSR count). The normalized spacial score (nSPS) is 15.1. The summed E-state index contributed by atoms with van der Waals surface area (Å²) in [6.45, 7) is -1.24. The van der Waals surface area contributed by atoms with Crippen LogP contribution in [-0.4, -0.2) is 59.3 Å². The van der Waals surface area contributed by atoms with Gasteiger partial charge < -0.3 is 30.3 Å². The highest BCUT2D eigenvalue weighted by Gasteiger charge is 2.46. The van der Waals surface area contributed by atoms with Crippen molar-refractivity contribution in [2.45, 2.75) is 51.0 Å². The Hall–Kier alpha value is -3.76. The van der Waals surface area contributed by atoms with Gasteiger partial charge in [-0.05, 0) is 29.4 Å². The highest BCUT2D eigenvalue weighted by atomic mass is 16.5. The number of carbonyl (C=O) groups excluding carboxylic acids is 4. The molecule has 1 aliphatic rings. The number of amides is 2. The molecule has 0 heterocycles. The standard InChI is InChI=1S/C27H32N2O8/c30-15-21(25(34)36-17-19-7-3-1-4-8-19)28-23(32)13-27(11-12-27)14-24(33)29-22(16-31)26(35)37-18-20-9-5-2-6-10-20/h1-10,21-22,30-31H,11-18H2,(H,28,32)(H,29,33)/t21-,22-/m1/s1. The van der Waals surface area contributed by atoms with Crippen LogP contribution in [0.3, 0.4) is 0 Å². The summed E-state index contributed by atoms with van der Waals surface area (Å²) >= 11 is 0. The molecule has 0 saturated heterocycles. The average molecular weight is 513 g/mol. The Labute approximate surface area is 215 Å². The summed E-state index contributed by atoms with van der Waals surface area (Å²) in [6, 6.07) is 15.6. The fraction of sp³-hybridized carbons (Fsp3) is 0.407. The molecule has 2 aromatic rings. The molecule has 0 unspecified atom stereocenters. The molecule has 1 saturated carbocycles. The maximum Gasteiger partial charge on any atom is 0.331 e. The lowest BCUT2D eigenvalue weighted by Gasteiger charge is -2.20. The molecule has 198 valence electrons. The molecular formula is C27H32N2O8. The van der Waals surface area contributed by atoms with E-state index >= 15 is 0 Å². The highest BCUT2D eigenvalue weighted by molar-refractivity contribution is 5.87. The van der Waals surface area contributed by atoms with Gasteiger partial charge in [0.15, 0.2) is 12.1 Å². The van der Waals surface area contributed by atoms with Crippen LogP contribution in [0.15, 0.2) is 60.7 Å². The van der Waals surface area contributed by atoms with Crippen molar-refractivity contribution in [3.8, 4) is 0 Å². The van der Waals surface area contributed by atoms with Crippen molar-refractivity contribution in [2.75, 3.05) is 13.2 Å². The first-order chi connectivity index (χ1) is 17.8. The van der Waals surface area contributed by atoms with E-state index in [1.54, 1.807) is 48.5 Å². The number of benzene rings is 2. The summed E-state index contributed by atoms with van der Waals surface area (Å²) < 4.78 is 10.3. The summed E-state index contributed by atoms with van der Waals surface area (Å²) in [5.74, 6) is -2.52. The number of nitrogens with one attached hydrogen (secondary N) is 2. The Morgan fingerprint density at radius 2 is 1.08 bits per heavy atom. The van der Waals surface area contributed by atoms with Crippen molar-refractivity contribution in [3.05, 3.63) is 71.8 Å². The van der Waals surface area contributed by atoms with Gasteiger partial charge in [-0.15, -0.1) is 0 Å². The minimum Gasteiger partial charge on any atom is -0.459 e. The Balaban J connectivity index is 1.43. The molecule has 37 heavy (non-hydrogen) atoms. The third-order valence-corrected chi connectivity index (χ3v) is 6.08. The van der Waals surface area contributed by atoms with Gasteiger partial charge in [0.1, 0.15) is 13.2 Å². The Morgan fingerprint density at radius 3 is 1.41 bits per heavy atom. The van der Waals surface area contributed by atoms with E-state index in [1.165, 1.54) is 0 Å². The first-order valence-corrected chi connectivity index (χ1v) is 12.1. The van der Waals surface area contributed by atoms with E-state index in [4.69, 9.17) is 9.47 Å². The van der Waals surface area contributed by atoms with Crippen LogP contribution >= 0.6 is 0 Å². The van der Waals surface area contributed by atoms with Crippen LogP contribution in [0.5, 0.6) is 0 Å². The van der Waals surface area contributed by atoms with Crippen LogP contribution in [0.2, 0.25) is 0 Å². The van der Waals surface area contributed by atoms with Gasteiger partial charge in [-0.25, -0.2) is 9.59 Å². The number of aliphatic hydroxyl groups excluding tert-OH is 2. The van der Waals surface area contributed by atoms with Crippen molar-refractivity contribution in [1.82, 2.24) is 10.6 Å². The lowest BCUT2D eigenvalue weighted by molar-refractivity contribution is -0.150. The average Bonchev–Trinajstić information content (AvgIpc) is 3.66. The molecule has 0 aromatic heterocycles. The number of rotatable bonds is 14. The molecule has 0 radical (unpaired) electrons. The van der Waals surface area contributed by atoms with Gasteiger partial charge in [-0.2, -0.15) is 0 Å². The molecule has 0 aliphatic heterocycles. The molecule has 10 heteroatoms. The van der Waals surface area contributed by atoms with Crippen molar-refractivity contribution >= 4 is 23.8 Å². The lowest BCUT2D eigenvalue weighted by Crippen LogP contribution is -2.46. The fourth-order valence-corrected chi connectivity index (χ4v) is 3.78. The van der Waals surface area contributed by atoms with Crippen LogP contribution in [0, 0.1) is 5.41 Å². The second-order valence-electron chi connectivity index (χ2n) is 9.15. The first-order valence-electron chi connectivity index (χ1n) is 12.1. The van der Waals surface area contributed by atoms with E-state index in [1.807, 2.05) is 12.1 Å². The second kappa shape index (κ2) is 13.5. The van der Waals surface area contributed by atoms with Crippen LogP contribution in [-0.2, 0) is 41.9 Å². The van der Waals surface area contributed by atoms with E-state index in [0.29, 0.717) is 12.8 Å². The summed E-state index contributed by atoms with van der Waals surface area (Å²) in [4.78, 5) is 49.7. The zero-order valence-corrected chi connectivity index (χ0v) is 20.4. The fourth-order valence-electron chi connectivity index (χ4n) is 3.78. The molecule has 4 N–H and O–H groups in total. The largest absolute Gasteiger partial charge is 0.459 e. The summed E-state index contributed by atoms with van der Waals surface area (Å²) in [6.07, 6.45) is 1.15. The van der Waals surface area contributed by atoms with Gasteiger partial charge in [0.05, 0.1) is 13.2 Å². The van der Waals surface area contributed by atoms with Gasteiger partial charge in [0, 0.05) is 12.8 Å². The Morgan fingerprint density at radius 1 is 0.703 bits per heavy atom. The van der Waals surface area contributed by atoms with Gasteiger partial charge in [0.25, 0.3) is 0 Å². The smallest absolute Gasteiger partial charge is 0.331 e. The molecule has 0 bridgehead atoms. The van der Waals surface area contributed by atoms with Gasteiger partial charge in [-0.1, -0.05) is 60.7 Å². The number of esters is 2. The van der Waals surface area contributed by atoms with Crippen molar-refractivity contribution < 1.29 is 38.9 Å². The third kappa shape index (κ3) is 9.00. The number of ether oxygens (including phenoxy) is 2. The van der Waals surface area contributed by atoms with E-state index < -0.39 is 54.5 Å². The molecule has 0 spiro atoms. The zero-order chi connectivity index (χ0) is 26.7. The predicted molar refractivity (Wildman–Crippen MR) is 131 cm³/mol. The van der Waals surface area contributed by atoms with E-state index in [9.17, 15) is 29.4 Å². The predicted octanol–water partition coefficient (Wildman–Crippen LogP) is 0.988. The Bertz CT molecular complexity index is 975. The summed E-state index contributed by atoms with van der Waals surface area (Å²) in [5, 5.41) is 24.0. The summed E-state index contributed by atoms with van der Waals surface area (Å²) in [5.41, 5.74) is 0.926. The molecule has 1 aliphatic carbocycles. The lowest BCUT2D eigenvalue weighted by atomic mass is 9.96. The van der Waals surface area contributed by atoms with E-state index in [0.717, 1.165) is 11.1 Å². The van der Waals surface area contributed by atoms with Crippen LogP contribution in [0.25, 0.3) is 0 Å². The number of carbonyl (C=O) groups is 4. The number of aliphatic hydroxyl groups is 2. The molecule has 2 amide bonds. The van der Waals surface area contributed by atoms with Crippen LogP contribution in [0.1, 0.15) is 36.8 Å². The van der Waals surface area contributed by atoms with Crippen LogP contribution in [0.4, 0.5) is 0 Å². The van der Waals surface area contributed by atoms with E-state index in [2.05, 4.69) is 10.6 Å². The topological polar surface area (TPSA) is 151 Å². The number of hydrogen-bond acceptors (Lipinski definition) is 8. The monoisotopic (exact) mass is 512 g/mol. The van der Waals surface area contributed by atoms with E-state index in [-0.39, 0.29) is 26.1 Å². The van der Waals surface area contributed by atoms with Gasteiger partial charge >= 0.3 is 11.9 Å². The van der Waals surface area contributed by atoms with Crippen molar-refractivity contribution in [3.63, 3.8) is 0 Å². The van der Waals surface area contributed by atoms with Gasteiger partial charge in [0.2, 0.25) is 11.8 Å². The molecule has 2 atom stereocenters. The minimum absolute atomic E-state index is 0.00988. The maximum atomic E-state index is 12.6. The quantitative estimate of drug-likeness (QED) is 0.274. The first kappa shape index (κ1) is 27.8. The zero-order valence-electron chi connectivity index (χ0n) is 20.4. The molecule has 2 aromatic carbocycles. The molecular weight excluding hydrogens is 480 g/mol. The minimum atomic E-state index is -1.22. The second-order valence-corrected chi connectivity index (χ2v) is 9.15. The Kier molecular flexibility index (Phi) is 10.2. The van der Waals surface area contributed by atoms with Crippen molar-refractivity contribution in [2.24, 2.45) is 5.41 Å². The summed E-state index contributed by atoms with van der Waals surface area (Å²) in [7, 11) is 0. The third-order valence-electron chi connectivity index (χ3n) is 6.08. The van der Waals surface area contributed by atoms with Crippen LogP contribution < -0.4 is 10.6 Å². The van der Waals surface area contributed by atoms with Gasteiger partial charge in [-0.3, -0.25) is 9.59 Å². The SMILES string of the molecule is O=C(CC1(CC(=O)N[C@H](CO)C(=O)OCc2ccccc2)CC1)N[C@H](CO)C(=O)OCc1ccccc1. The molecule has 1 fully saturated rings.